The Morgan fingerprint density at radius 2 is 1.69 bits per heavy atom. The van der Waals surface area contributed by atoms with Crippen LogP contribution in [0.4, 0.5) is 0 Å². The Hall–Kier alpha value is -1.31. The zero-order valence-electron chi connectivity index (χ0n) is 8.28. The van der Waals surface area contributed by atoms with E-state index >= 15 is 0 Å². The zero-order valence-corrected chi connectivity index (χ0v) is 9.79. The van der Waals surface area contributed by atoms with Gasteiger partial charge in [0.15, 0.2) is 6.29 Å². The second-order valence-corrected chi connectivity index (χ2v) is 4.23. The fourth-order valence-corrected chi connectivity index (χ4v) is 1.92. The number of hydrogen-bond donors (Lipinski definition) is 0. The van der Waals surface area contributed by atoms with Gasteiger partial charge in [0.2, 0.25) is 0 Å². The summed E-state index contributed by atoms with van der Waals surface area (Å²) in [5, 5.41) is 1.19. The van der Waals surface area contributed by atoms with Gasteiger partial charge in [0.1, 0.15) is 0 Å². The second-order valence-electron chi connectivity index (χ2n) is 3.36. The van der Waals surface area contributed by atoms with Gasteiger partial charge in [-0.15, -0.1) is 0 Å². The molecule has 16 heavy (non-hydrogen) atoms. The summed E-state index contributed by atoms with van der Waals surface area (Å²) in [5.41, 5.74) is 2.31. The first-order valence-electron chi connectivity index (χ1n) is 4.71. The van der Waals surface area contributed by atoms with Crippen LogP contribution in [-0.2, 0) is 0 Å². The highest BCUT2D eigenvalue weighted by atomic mass is 35.5. The molecule has 0 aliphatic rings. The largest absolute Gasteiger partial charge is 0.298 e. The lowest BCUT2D eigenvalue weighted by molar-refractivity contribution is 0.112. The molecule has 0 N–H and O–H groups in total. The number of halogens is 2. The minimum Gasteiger partial charge on any atom is -0.298 e. The average molecular weight is 251 g/mol. The molecule has 0 heterocycles. The van der Waals surface area contributed by atoms with Crippen LogP contribution in [0, 0.1) is 0 Å². The van der Waals surface area contributed by atoms with Crippen LogP contribution in [-0.4, -0.2) is 6.29 Å². The summed E-state index contributed by atoms with van der Waals surface area (Å²) >= 11 is 11.7. The van der Waals surface area contributed by atoms with Crippen LogP contribution in [0.5, 0.6) is 0 Å². The van der Waals surface area contributed by atoms with Crippen LogP contribution in [0.2, 0.25) is 10.0 Å². The molecule has 0 atom stereocenters. The van der Waals surface area contributed by atoms with Crippen molar-refractivity contribution in [2.24, 2.45) is 0 Å². The third-order valence-electron chi connectivity index (χ3n) is 2.28. The molecule has 80 valence electrons. The number of rotatable bonds is 2. The minimum absolute atomic E-state index is 0.549. The molecule has 0 saturated carbocycles. The van der Waals surface area contributed by atoms with E-state index in [4.69, 9.17) is 23.2 Å². The van der Waals surface area contributed by atoms with Gasteiger partial charge in [0, 0.05) is 15.6 Å². The maximum absolute atomic E-state index is 10.9. The molecular weight excluding hydrogens is 243 g/mol. The van der Waals surface area contributed by atoms with Crippen molar-refractivity contribution >= 4 is 29.5 Å². The smallest absolute Gasteiger partial charge is 0.150 e. The molecule has 2 aromatic carbocycles. The molecule has 0 radical (unpaired) electrons. The fraction of sp³-hybridized carbons (Fsp3) is 0. The number of carbonyl (C=O) groups is 1. The van der Waals surface area contributed by atoms with E-state index in [1.54, 1.807) is 18.2 Å². The van der Waals surface area contributed by atoms with Crippen LogP contribution in [0.25, 0.3) is 11.1 Å². The van der Waals surface area contributed by atoms with E-state index in [-0.39, 0.29) is 0 Å². The molecule has 0 aromatic heterocycles. The molecule has 3 heteroatoms. The predicted octanol–water partition coefficient (Wildman–Crippen LogP) is 4.47. The van der Waals surface area contributed by atoms with Crippen LogP contribution in [0.3, 0.4) is 0 Å². The highest BCUT2D eigenvalue weighted by Gasteiger charge is 2.05. The summed E-state index contributed by atoms with van der Waals surface area (Å²) in [6.45, 7) is 0. The Kier molecular flexibility index (Phi) is 3.28. The number of hydrogen-bond acceptors (Lipinski definition) is 1. The number of carbonyl (C=O) groups excluding carboxylic acids is 1. The van der Waals surface area contributed by atoms with Crippen molar-refractivity contribution in [1.82, 2.24) is 0 Å². The SMILES string of the molecule is O=Cc1cc(Cl)ccc1-c1cccc(Cl)c1. The number of benzene rings is 2. The van der Waals surface area contributed by atoms with Crippen molar-refractivity contribution in [2.75, 3.05) is 0 Å². The molecular formula is C13H8Cl2O. The summed E-state index contributed by atoms with van der Waals surface area (Å²) in [6, 6.07) is 12.6. The maximum atomic E-state index is 10.9. The van der Waals surface area contributed by atoms with Crippen molar-refractivity contribution in [1.29, 1.82) is 0 Å². The van der Waals surface area contributed by atoms with Gasteiger partial charge in [-0.1, -0.05) is 41.4 Å². The Labute approximate surface area is 104 Å². The summed E-state index contributed by atoms with van der Waals surface area (Å²) in [6.07, 6.45) is 0.794. The van der Waals surface area contributed by atoms with E-state index in [1.807, 2.05) is 24.3 Å². The molecule has 0 aliphatic heterocycles. The fourth-order valence-electron chi connectivity index (χ4n) is 1.55. The molecule has 0 amide bonds. The van der Waals surface area contributed by atoms with Crippen molar-refractivity contribution < 1.29 is 4.79 Å². The minimum atomic E-state index is 0.549. The zero-order chi connectivity index (χ0) is 11.5. The van der Waals surface area contributed by atoms with E-state index in [2.05, 4.69) is 0 Å². The normalized spacial score (nSPS) is 10.1. The Morgan fingerprint density at radius 3 is 2.38 bits per heavy atom. The Morgan fingerprint density at radius 1 is 0.938 bits per heavy atom. The van der Waals surface area contributed by atoms with Crippen LogP contribution < -0.4 is 0 Å². The summed E-state index contributed by atoms with van der Waals surface area (Å²) in [4.78, 5) is 10.9. The van der Waals surface area contributed by atoms with Gasteiger partial charge in [-0.3, -0.25) is 4.79 Å². The van der Waals surface area contributed by atoms with Gasteiger partial charge in [0.05, 0.1) is 0 Å². The molecule has 1 nitrogen and oxygen atoms in total. The molecule has 0 bridgehead atoms. The summed E-state index contributed by atoms with van der Waals surface area (Å²) in [5.74, 6) is 0. The standard InChI is InChI=1S/C13H8Cl2O/c14-11-3-1-2-9(6-11)13-5-4-12(15)7-10(13)8-16/h1-8H. The molecule has 0 fully saturated rings. The van der Waals surface area contributed by atoms with Gasteiger partial charge in [-0.05, 0) is 35.4 Å². The summed E-state index contributed by atoms with van der Waals surface area (Å²) < 4.78 is 0. The van der Waals surface area contributed by atoms with E-state index in [0.29, 0.717) is 15.6 Å². The first-order chi connectivity index (χ1) is 7.70. The van der Waals surface area contributed by atoms with Crippen molar-refractivity contribution in [3.05, 3.63) is 58.1 Å². The molecule has 0 spiro atoms. The van der Waals surface area contributed by atoms with Gasteiger partial charge >= 0.3 is 0 Å². The predicted molar refractivity (Wildman–Crippen MR) is 67.3 cm³/mol. The van der Waals surface area contributed by atoms with E-state index in [9.17, 15) is 4.79 Å². The van der Waals surface area contributed by atoms with Crippen molar-refractivity contribution in [2.45, 2.75) is 0 Å². The number of aldehydes is 1. The lowest BCUT2D eigenvalue weighted by atomic mass is 10.0. The monoisotopic (exact) mass is 250 g/mol. The lowest BCUT2D eigenvalue weighted by Crippen LogP contribution is -1.87. The van der Waals surface area contributed by atoms with Crippen LogP contribution in [0.1, 0.15) is 10.4 Å². The van der Waals surface area contributed by atoms with Crippen LogP contribution in [0.15, 0.2) is 42.5 Å². The Bertz CT molecular complexity index is 535. The highest BCUT2D eigenvalue weighted by molar-refractivity contribution is 6.31. The second kappa shape index (κ2) is 4.69. The maximum Gasteiger partial charge on any atom is 0.150 e. The first kappa shape index (κ1) is 11.2. The van der Waals surface area contributed by atoms with Gasteiger partial charge in [0.25, 0.3) is 0 Å². The van der Waals surface area contributed by atoms with Gasteiger partial charge in [-0.25, -0.2) is 0 Å². The molecule has 0 unspecified atom stereocenters. The third kappa shape index (κ3) is 2.26. The molecule has 0 saturated heterocycles. The van der Waals surface area contributed by atoms with E-state index in [1.165, 1.54) is 0 Å². The Balaban J connectivity index is 2.59. The van der Waals surface area contributed by atoms with Crippen molar-refractivity contribution in [3.8, 4) is 11.1 Å². The van der Waals surface area contributed by atoms with E-state index in [0.717, 1.165) is 17.4 Å². The molecule has 2 rings (SSSR count). The lowest BCUT2D eigenvalue weighted by Gasteiger charge is -2.05. The first-order valence-corrected chi connectivity index (χ1v) is 5.47. The third-order valence-corrected chi connectivity index (χ3v) is 2.75. The topological polar surface area (TPSA) is 17.1 Å². The molecule has 0 aliphatic carbocycles. The van der Waals surface area contributed by atoms with Crippen LogP contribution >= 0.6 is 23.2 Å². The van der Waals surface area contributed by atoms with Gasteiger partial charge < -0.3 is 0 Å². The van der Waals surface area contributed by atoms with E-state index < -0.39 is 0 Å². The summed E-state index contributed by atoms with van der Waals surface area (Å²) in [7, 11) is 0. The van der Waals surface area contributed by atoms with Gasteiger partial charge in [-0.2, -0.15) is 0 Å². The average Bonchev–Trinajstić information content (AvgIpc) is 2.28. The molecule has 2 aromatic rings. The van der Waals surface area contributed by atoms with Crippen molar-refractivity contribution in [3.63, 3.8) is 0 Å². The quantitative estimate of drug-likeness (QED) is 0.719. The highest BCUT2D eigenvalue weighted by Crippen LogP contribution is 2.27.